The third-order valence-corrected chi connectivity index (χ3v) is 3.77. The van der Waals surface area contributed by atoms with Crippen molar-refractivity contribution in [2.45, 2.75) is 6.61 Å². The number of hydrogen-bond donors (Lipinski definition) is 1. The van der Waals surface area contributed by atoms with E-state index in [0.717, 1.165) is 5.56 Å². The quantitative estimate of drug-likeness (QED) is 0.706. The molecule has 126 valence electrons. The van der Waals surface area contributed by atoms with Gasteiger partial charge < -0.3 is 9.84 Å². The number of hydrogen-bond acceptors (Lipinski definition) is 4. The van der Waals surface area contributed by atoms with Crippen LogP contribution in [0.25, 0.3) is 5.69 Å². The van der Waals surface area contributed by atoms with Gasteiger partial charge in [-0.3, -0.25) is 0 Å². The maximum absolute atomic E-state index is 12.2. The molecule has 25 heavy (non-hydrogen) atoms. The van der Waals surface area contributed by atoms with Gasteiger partial charge in [0.25, 0.3) is 0 Å². The Morgan fingerprint density at radius 2 is 1.88 bits per heavy atom. The molecule has 0 saturated heterocycles. The van der Waals surface area contributed by atoms with E-state index in [1.54, 1.807) is 6.07 Å². The SMILES string of the molecule is O=C(O)c1ccn(-c2ccc(C(=O)OCc3ccccc3)c(Cl)c2)n1. The fraction of sp³-hybridized carbons (Fsp3) is 0.0556. The van der Waals surface area contributed by atoms with Gasteiger partial charge in [0.15, 0.2) is 5.69 Å². The summed E-state index contributed by atoms with van der Waals surface area (Å²) in [4.78, 5) is 23.1. The van der Waals surface area contributed by atoms with Gasteiger partial charge in [-0.05, 0) is 29.8 Å². The fourth-order valence-corrected chi connectivity index (χ4v) is 2.45. The van der Waals surface area contributed by atoms with E-state index in [1.165, 1.54) is 29.1 Å². The molecule has 0 atom stereocenters. The lowest BCUT2D eigenvalue weighted by Crippen LogP contribution is -2.07. The molecule has 2 aromatic carbocycles. The summed E-state index contributed by atoms with van der Waals surface area (Å²) in [7, 11) is 0. The average molecular weight is 357 g/mol. The van der Waals surface area contributed by atoms with Crippen LogP contribution < -0.4 is 0 Å². The molecule has 0 radical (unpaired) electrons. The second-order valence-electron chi connectivity index (χ2n) is 5.18. The van der Waals surface area contributed by atoms with Gasteiger partial charge in [-0.25, -0.2) is 14.3 Å². The molecule has 3 rings (SSSR count). The summed E-state index contributed by atoms with van der Waals surface area (Å²) in [6.07, 6.45) is 1.50. The van der Waals surface area contributed by atoms with Gasteiger partial charge in [-0.1, -0.05) is 41.9 Å². The summed E-state index contributed by atoms with van der Waals surface area (Å²) in [6.45, 7) is 0.152. The van der Waals surface area contributed by atoms with Crippen LogP contribution in [-0.2, 0) is 11.3 Å². The molecule has 0 fully saturated rings. The van der Waals surface area contributed by atoms with Crippen LogP contribution in [0.2, 0.25) is 5.02 Å². The van der Waals surface area contributed by atoms with Crippen molar-refractivity contribution in [1.82, 2.24) is 9.78 Å². The largest absolute Gasteiger partial charge is 0.476 e. The van der Waals surface area contributed by atoms with Gasteiger partial charge in [0, 0.05) is 6.20 Å². The monoisotopic (exact) mass is 356 g/mol. The van der Waals surface area contributed by atoms with Crippen LogP contribution in [0, 0.1) is 0 Å². The van der Waals surface area contributed by atoms with E-state index >= 15 is 0 Å². The van der Waals surface area contributed by atoms with Crippen molar-refractivity contribution < 1.29 is 19.4 Å². The number of carbonyl (C=O) groups is 2. The van der Waals surface area contributed by atoms with Crippen LogP contribution in [0.1, 0.15) is 26.4 Å². The van der Waals surface area contributed by atoms with Gasteiger partial charge in [-0.2, -0.15) is 5.10 Å². The Morgan fingerprint density at radius 3 is 2.52 bits per heavy atom. The smallest absolute Gasteiger partial charge is 0.356 e. The Hall–Kier alpha value is -3.12. The van der Waals surface area contributed by atoms with Crippen molar-refractivity contribution in [3.05, 3.63) is 82.6 Å². The number of nitrogens with zero attached hydrogens (tertiary/aromatic N) is 2. The zero-order chi connectivity index (χ0) is 17.8. The number of carbonyl (C=O) groups excluding carboxylic acids is 1. The molecule has 0 aliphatic rings. The number of esters is 1. The minimum Gasteiger partial charge on any atom is -0.476 e. The van der Waals surface area contributed by atoms with Gasteiger partial charge in [0.2, 0.25) is 0 Å². The minimum atomic E-state index is -1.12. The standard InChI is InChI=1S/C18H13ClN2O4/c19-15-10-13(21-9-8-16(20-21)17(22)23)6-7-14(15)18(24)25-11-12-4-2-1-3-5-12/h1-10H,11H2,(H,22,23). The first-order chi connectivity index (χ1) is 12.0. The summed E-state index contributed by atoms with van der Waals surface area (Å²) in [5.74, 6) is -1.65. The van der Waals surface area contributed by atoms with E-state index in [4.69, 9.17) is 21.4 Å². The fourth-order valence-electron chi connectivity index (χ4n) is 2.19. The molecule has 7 heteroatoms. The lowest BCUT2D eigenvalue weighted by molar-refractivity contribution is 0.0472. The van der Waals surface area contributed by atoms with Crippen LogP contribution in [0.15, 0.2) is 60.8 Å². The molecule has 0 unspecified atom stereocenters. The van der Waals surface area contributed by atoms with Crippen LogP contribution in [0.3, 0.4) is 0 Å². The van der Waals surface area contributed by atoms with Crippen molar-refractivity contribution in [2.24, 2.45) is 0 Å². The molecule has 1 heterocycles. The topological polar surface area (TPSA) is 81.4 Å². The second-order valence-corrected chi connectivity index (χ2v) is 5.58. The van der Waals surface area contributed by atoms with E-state index in [1.807, 2.05) is 30.3 Å². The highest BCUT2D eigenvalue weighted by Crippen LogP contribution is 2.21. The van der Waals surface area contributed by atoms with Gasteiger partial charge >= 0.3 is 11.9 Å². The van der Waals surface area contributed by atoms with Crippen molar-refractivity contribution >= 4 is 23.5 Å². The number of carboxylic acids is 1. The Bertz CT molecular complexity index is 922. The maximum atomic E-state index is 12.2. The highest BCUT2D eigenvalue weighted by molar-refractivity contribution is 6.33. The highest BCUT2D eigenvalue weighted by atomic mass is 35.5. The zero-order valence-corrected chi connectivity index (χ0v) is 13.7. The molecular weight excluding hydrogens is 344 g/mol. The first kappa shape index (κ1) is 16.7. The first-order valence-corrected chi connectivity index (χ1v) is 7.72. The summed E-state index contributed by atoms with van der Waals surface area (Å²) < 4.78 is 6.62. The number of carboxylic acid groups (broad SMARTS) is 1. The minimum absolute atomic E-state index is 0.0810. The van der Waals surface area contributed by atoms with Crippen molar-refractivity contribution in [3.8, 4) is 5.69 Å². The molecule has 0 aliphatic heterocycles. The summed E-state index contributed by atoms with van der Waals surface area (Å²) in [5, 5.41) is 13.0. The number of aromatic nitrogens is 2. The predicted octanol–water partition coefficient (Wildman–Crippen LogP) is 3.58. The van der Waals surface area contributed by atoms with Crippen molar-refractivity contribution in [1.29, 1.82) is 0 Å². The molecule has 0 spiro atoms. The van der Waals surface area contributed by atoms with Crippen LogP contribution in [-0.4, -0.2) is 26.8 Å². The van der Waals surface area contributed by atoms with E-state index in [9.17, 15) is 9.59 Å². The van der Waals surface area contributed by atoms with Crippen LogP contribution in [0.5, 0.6) is 0 Å². The number of ether oxygens (including phenoxy) is 1. The van der Waals surface area contributed by atoms with Crippen LogP contribution >= 0.6 is 11.6 Å². The normalized spacial score (nSPS) is 10.4. The summed E-state index contributed by atoms with van der Waals surface area (Å²) in [6, 6.07) is 15.4. The number of aromatic carboxylic acids is 1. The van der Waals surface area contributed by atoms with Crippen molar-refractivity contribution in [3.63, 3.8) is 0 Å². The molecule has 1 N–H and O–H groups in total. The summed E-state index contributed by atoms with van der Waals surface area (Å²) >= 11 is 6.17. The second kappa shape index (κ2) is 7.19. The Kier molecular flexibility index (Phi) is 4.81. The van der Waals surface area contributed by atoms with Crippen LogP contribution in [0.4, 0.5) is 0 Å². The maximum Gasteiger partial charge on any atom is 0.356 e. The summed E-state index contributed by atoms with van der Waals surface area (Å²) in [5.41, 5.74) is 1.56. The molecule has 6 nitrogen and oxygen atoms in total. The molecule has 0 aliphatic carbocycles. The lowest BCUT2D eigenvalue weighted by Gasteiger charge is -2.08. The molecule has 1 aromatic heterocycles. The third-order valence-electron chi connectivity index (χ3n) is 3.46. The molecular formula is C18H13ClN2O4. The van der Waals surface area contributed by atoms with Gasteiger partial charge in [0.05, 0.1) is 16.3 Å². The lowest BCUT2D eigenvalue weighted by atomic mass is 10.2. The molecule has 0 amide bonds. The van der Waals surface area contributed by atoms with Gasteiger partial charge in [0.1, 0.15) is 6.61 Å². The third kappa shape index (κ3) is 3.87. The van der Waals surface area contributed by atoms with E-state index in [0.29, 0.717) is 5.69 Å². The Labute approximate surface area is 148 Å². The Morgan fingerprint density at radius 1 is 1.12 bits per heavy atom. The van der Waals surface area contributed by atoms with E-state index in [-0.39, 0.29) is 22.9 Å². The molecule has 0 bridgehead atoms. The Balaban J connectivity index is 1.74. The van der Waals surface area contributed by atoms with E-state index in [2.05, 4.69) is 5.10 Å². The highest BCUT2D eigenvalue weighted by Gasteiger charge is 2.14. The zero-order valence-electron chi connectivity index (χ0n) is 12.9. The average Bonchev–Trinajstić information content (AvgIpc) is 3.11. The van der Waals surface area contributed by atoms with Crippen molar-refractivity contribution in [2.75, 3.05) is 0 Å². The molecule has 0 saturated carbocycles. The van der Waals surface area contributed by atoms with E-state index < -0.39 is 11.9 Å². The predicted molar refractivity (Wildman–Crippen MR) is 91.1 cm³/mol. The molecule has 3 aromatic rings. The first-order valence-electron chi connectivity index (χ1n) is 7.34. The number of rotatable bonds is 5. The number of benzene rings is 2. The van der Waals surface area contributed by atoms with Gasteiger partial charge in [-0.15, -0.1) is 0 Å². The number of halogens is 1.